The summed E-state index contributed by atoms with van der Waals surface area (Å²) < 4.78 is 29.6. The number of carbonyl (C=O) groups is 2. The van der Waals surface area contributed by atoms with Crippen molar-refractivity contribution >= 4 is 55.1 Å². The minimum absolute atomic E-state index is 0.0536. The molecule has 3 rings (SSSR count). The molecule has 0 bridgehead atoms. The molecule has 0 aliphatic carbocycles. The third-order valence-electron chi connectivity index (χ3n) is 6.44. The minimum Gasteiger partial charge on any atom is -0.352 e. The van der Waals surface area contributed by atoms with Crippen LogP contribution in [0.1, 0.15) is 38.3 Å². The summed E-state index contributed by atoms with van der Waals surface area (Å²) in [6, 6.07) is 19.2. The monoisotopic (exact) mass is 633 g/mol. The molecule has 3 aromatic rings. The van der Waals surface area contributed by atoms with Crippen molar-refractivity contribution in [3.05, 3.63) is 93.4 Å². The number of nitrogens with zero attached hydrogens (tertiary/aromatic N) is 2. The van der Waals surface area contributed by atoms with E-state index >= 15 is 0 Å². The van der Waals surface area contributed by atoms with Crippen LogP contribution in [0.2, 0.25) is 5.02 Å². The van der Waals surface area contributed by atoms with Gasteiger partial charge in [-0.05, 0) is 81.3 Å². The van der Waals surface area contributed by atoms with Gasteiger partial charge >= 0.3 is 0 Å². The average Bonchev–Trinajstić information content (AvgIpc) is 2.91. The Morgan fingerprint density at radius 1 is 0.949 bits per heavy atom. The van der Waals surface area contributed by atoms with E-state index in [0.717, 1.165) is 26.3 Å². The summed E-state index contributed by atoms with van der Waals surface area (Å²) >= 11 is 9.47. The lowest BCUT2D eigenvalue weighted by Gasteiger charge is -2.32. The smallest absolute Gasteiger partial charge is 0.264 e. The van der Waals surface area contributed by atoms with Crippen LogP contribution in [0.3, 0.4) is 0 Å². The highest BCUT2D eigenvalue weighted by atomic mass is 79.9. The van der Waals surface area contributed by atoms with Crippen molar-refractivity contribution in [2.75, 3.05) is 10.8 Å². The van der Waals surface area contributed by atoms with Crippen molar-refractivity contribution in [2.24, 2.45) is 0 Å². The van der Waals surface area contributed by atoms with Crippen LogP contribution in [0.25, 0.3) is 0 Å². The zero-order valence-corrected chi connectivity index (χ0v) is 25.6. The van der Waals surface area contributed by atoms with Gasteiger partial charge in [-0.2, -0.15) is 0 Å². The molecule has 7 nitrogen and oxygen atoms in total. The maximum Gasteiger partial charge on any atom is 0.264 e. The van der Waals surface area contributed by atoms with E-state index in [1.54, 1.807) is 43.3 Å². The fourth-order valence-electron chi connectivity index (χ4n) is 3.81. The van der Waals surface area contributed by atoms with Gasteiger partial charge in [0.25, 0.3) is 10.0 Å². The standard InChI is InChI=1S/C29H33BrClN3O4S/c1-5-21(3)32-29(36)22(4)33(18-23-8-10-24(30)11-9-23)28(35)19-34(26-14-12-25(31)13-15-26)39(37,38)27-16-6-20(2)7-17-27/h6-17,21-22H,5,18-19H2,1-4H3,(H,32,36). The number of amides is 2. The number of carbonyl (C=O) groups excluding carboxylic acids is 2. The Bertz CT molecular complexity index is 1380. The van der Waals surface area contributed by atoms with Gasteiger partial charge in [0, 0.05) is 22.1 Å². The molecule has 2 unspecified atom stereocenters. The number of hydrogen-bond donors (Lipinski definition) is 1. The first-order chi connectivity index (χ1) is 18.4. The molecule has 39 heavy (non-hydrogen) atoms. The quantitative estimate of drug-likeness (QED) is 0.283. The molecule has 1 N–H and O–H groups in total. The van der Waals surface area contributed by atoms with Crippen molar-refractivity contribution in [3.63, 3.8) is 0 Å². The Hall–Kier alpha value is -2.88. The second-order valence-corrected chi connectivity index (χ2v) is 12.7. The summed E-state index contributed by atoms with van der Waals surface area (Å²) in [6.07, 6.45) is 0.734. The molecule has 3 aromatic carbocycles. The molecule has 0 spiro atoms. The molecule has 0 aliphatic heterocycles. The van der Waals surface area contributed by atoms with Crippen LogP contribution < -0.4 is 9.62 Å². The lowest BCUT2D eigenvalue weighted by Crippen LogP contribution is -2.52. The number of halogens is 2. The number of hydrogen-bond acceptors (Lipinski definition) is 4. The van der Waals surface area contributed by atoms with E-state index in [-0.39, 0.29) is 29.1 Å². The van der Waals surface area contributed by atoms with E-state index in [1.165, 1.54) is 17.0 Å². The third kappa shape index (κ3) is 8.06. The first-order valence-corrected chi connectivity index (χ1v) is 15.2. The van der Waals surface area contributed by atoms with Crippen molar-refractivity contribution in [1.82, 2.24) is 10.2 Å². The van der Waals surface area contributed by atoms with Crippen LogP contribution in [0.15, 0.2) is 82.2 Å². The maximum absolute atomic E-state index is 13.9. The molecule has 2 amide bonds. The van der Waals surface area contributed by atoms with Crippen molar-refractivity contribution in [3.8, 4) is 0 Å². The molecular formula is C29H33BrClN3O4S. The zero-order valence-electron chi connectivity index (χ0n) is 22.4. The summed E-state index contributed by atoms with van der Waals surface area (Å²) in [5, 5.41) is 3.36. The van der Waals surface area contributed by atoms with Crippen molar-refractivity contribution in [2.45, 2.75) is 57.6 Å². The Kier molecular flexibility index (Phi) is 10.6. The number of anilines is 1. The predicted molar refractivity (Wildman–Crippen MR) is 159 cm³/mol. The van der Waals surface area contributed by atoms with Crippen LogP contribution >= 0.6 is 27.5 Å². The van der Waals surface area contributed by atoms with Crippen molar-refractivity contribution < 1.29 is 18.0 Å². The highest BCUT2D eigenvalue weighted by molar-refractivity contribution is 9.10. The van der Waals surface area contributed by atoms with Gasteiger partial charge in [-0.25, -0.2) is 8.42 Å². The van der Waals surface area contributed by atoms with Gasteiger partial charge in [-0.3, -0.25) is 13.9 Å². The molecule has 10 heteroatoms. The van der Waals surface area contributed by atoms with Crippen LogP contribution in [0, 0.1) is 6.92 Å². The topological polar surface area (TPSA) is 86.8 Å². The number of rotatable bonds is 11. The van der Waals surface area contributed by atoms with Gasteiger partial charge in [0.2, 0.25) is 11.8 Å². The van der Waals surface area contributed by atoms with Gasteiger partial charge in [0.1, 0.15) is 12.6 Å². The zero-order chi connectivity index (χ0) is 28.7. The van der Waals surface area contributed by atoms with Gasteiger partial charge in [-0.1, -0.05) is 64.3 Å². The van der Waals surface area contributed by atoms with Gasteiger partial charge in [-0.15, -0.1) is 0 Å². The van der Waals surface area contributed by atoms with E-state index in [0.29, 0.717) is 5.02 Å². The molecule has 0 heterocycles. The Labute approximate surface area is 244 Å². The summed E-state index contributed by atoms with van der Waals surface area (Å²) in [7, 11) is -4.12. The normalized spacial score (nSPS) is 12.9. The van der Waals surface area contributed by atoms with E-state index < -0.39 is 28.5 Å². The first kappa shape index (κ1) is 30.7. The Morgan fingerprint density at radius 2 is 1.54 bits per heavy atom. The van der Waals surface area contributed by atoms with Crippen molar-refractivity contribution in [1.29, 1.82) is 0 Å². The first-order valence-electron chi connectivity index (χ1n) is 12.6. The second kappa shape index (κ2) is 13.5. The van der Waals surface area contributed by atoms with Crippen LogP contribution in [0.4, 0.5) is 5.69 Å². The fraction of sp³-hybridized carbons (Fsp3) is 0.310. The fourth-order valence-corrected chi connectivity index (χ4v) is 5.61. The molecule has 2 atom stereocenters. The molecule has 0 aliphatic rings. The molecule has 0 saturated heterocycles. The number of benzene rings is 3. The third-order valence-corrected chi connectivity index (χ3v) is 9.01. The summed E-state index contributed by atoms with van der Waals surface area (Å²) in [4.78, 5) is 28.5. The van der Waals surface area contributed by atoms with Crippen LogP contribution in [0.5, 0.6) is 0 Å². The van der Waals surface area contributed by atoms with E-state index in [2.05, 4.69) is 21.2 Å². The number of nitrogens with one attached hydrogen (secondary N) is 1. The second-order valence-electron chi connectivity index (χ2n) is 9.44. The molecule has 208 valence electrons. The Balaban J connectivity index is 2.01. The molecule has 0 radical (unpaired) electrons. The predicted octanol–water partition coefficient (Wildman–Crippen LogP) is 5.94. The minimum atomic E-state index is -4.12. The summed E-state index contributed by atoms with van der Waals surface area (Å²) in [5.74, 6) is -0.829. The van der Waals surface area contributed by atoms with Gasteiger partial charge in [0.05, 0.1) is 10.6 Å². The highest BCUT2D eigenvalue weighted by Gasteiger charge is 2.32. The van der Waals surface area contributed by atoms with Crippen LogP contribution in [-0.4, -0.2) is 43.8 Å². The highest BCUT2D eigenvalue weighted by Crippen LogP contribution is 2.26. The molecule has 0 saturated carbocycles. The molecule has 0 fully saturated rings. The van der Waals surface area contributed by atoms with Crippen LogP contribution in [-0.2, 0) is 26.2 Å². The number of sulfonamides is 1. The largest absolute Gasteiger partial charge is 0.352 e. The van der Waals surface area contributed by atoms with Gasteiger partial charge < -0.3 is 10.2 Å². The lowest BCUT2D eigenvalue weighted by atomic mass is 10.1. The molecular weight excluding hydrogens is 602 g/mol. The summed E-state index contributed by atoms with van der Waals surface area (Å²) in [5.41, 5.74) is 1.99. The molecule has 0 aromatic heterocycles. The average molecular weight is 635 g/mol. The number of aryl methyl sites for hydroxylation is 1. The van der Waals surface area contributed by atoms with E-state index in [1.807, 2.05) is 45.0 Å². The van der Waals surface area contributed by atoms with Gasteiger partial charge in [0.15, 0.2) is 0 Å². The van der Waals surface area contributed by atoms with E-state index in [9.17, 15) is 18.0 Å². The maximum atomic E-state index is 13.9. The SMILES string of the molecule is CCC(C)NC(=O)C(C)N(Cc1ccc(Br)cc1)C(=O)CN(c1ccc(Cl)cc1)S(=O)(=O)c1ccc(C)cc1. The lowest BCUT2D eigenvalue weighted by molar-refractivity contribution is -0.139. The Morgan fingerprint density at radius 3 is 2.10 bits per heavy atom. The van der Waals surface area contributed by atoms with E-state index in [4.69, 9.17) is 11.6 Å². The summed E-state index contributed by atoms with van der Waals surface area (Å²) in [6.45, 7) is 6.98.